The molecule has 1 fully saturated rings. The number of piperazine rings is 1. The standard InChI is InChI=1S/C19H19F3N6O2S/c20-19(21,22)16-4-2-15(3-5-16)13-31(29,30)27-10-8-26(9-11-27)17-12-18(24-14-23-17)28-7-1-6-25-28/h1-7,12,14H,8-11,13H2. The Kier molecular flexibility index (Phi) is 5.67. The van der Waals surface area contributed by atoms with E-state index in [4.69, 9.17) is 0 Å². The van der Waals surface area contributed by atoms with Crippen LogP contribution in [0.1, 0.15) is 11.1 Å². The van der Waals surface area contributed by atoms with Crippen molar-refractivity contribution < 1.29 is 21.6 Å². The van der Waals surface area contributed by atoms with E-state index < -0.39 is 21.8 Å². The van der Waals surface area contributed by atoms with Crippen LogP contribution in [-0.4, -0.2) is 58.7 Å². The van der Waals surface area contributed by atoms with E-state index in [0.29, 0.717) is 30.3 Å². The van der Waals surface area contributed by atoms with Crippen LogP contribution in [0.5, 0.6) is 0 Å². The summed E-state index contributed by atoms with van der Waals surface area (Å²) in [4.78, 5) is 10.4. The summed E-state index contributed by atoms with van der Waals surface area (Å²) >= 11 is 0. The molecular weight excluding hydrogens is 433 g/mol. The van der Waals surface area contributed by atoms with Gasteiger partial charge in [0.25, 0.3) is 0 Å². The Bertz CT molecular complexity index is 1130. The molecule has 0 saturated carbocycles. The first-order valence-corrected chi connectivity index (χ1v) is 11.0. The first-order valence-electron chi connectivity index (χ1n) is 9.43. The molecule has 31 heavy (non-hydrogen) atoms. The maximum absolute atomic E-state index is 12.7. The van der Waals surface area contributed by atoms with Crippen LogP contribution in [0, 0.1) is 0 Å². The summed E-state index contributed by atoms with van der Waals surface area (Å²) < 4.78 is 66.5. The summed E-state index contributed by atoms with van der Waals surface area (Å²) in [6, 6.07) is 7.76. The minimum absolute atomic E-state index is 0.254. The second-order valence-electron chi connectivity index (χ2n) is 7.02. The van der Waals surface area contributed by atoms with Crippen LogP contribution in [0.4, 0.5) is 19.0 Å². The van der Waals surface area contributed by atoms with Gasteiger partial charge in [-0.25, -0.2) is 23.1 Å². The number of benzene rings is 1. The van der Waals surface area contributed by atoms with E-state index >= 15 is 0 Å². The summed E-state index contributed by atoms with van der Waals surface area (Å²) in [5.41, 5.74) is -0.489. The van der Waals surface area contributed by atoms with Crippen molar-refractivity contribution in [3.05, 3.63) is 66.2 Å². The van der Waals surface area contributed by atoms with Crippen LogP contribution in [-0.2, 0) is 22.0 Å². The van der Waals surface area contributed by atoms with Crippen molar-refractivity contribution in [1.82, 2.24) is 24.1 Å². The number of hydrogen-bond donors (Lipinski definition) is 0. The van der Waals surface area contributed by atoms with E-state index in [1.54, 1.807) is 29.2 Å². The normalized spacial score (nSPS) is 15.9. The van der Waals surface area contributed by atoms with Gasteiger partial charge in [0.15, 0.2) is 5.82 Å². The van der Waals surface area contributed by atoms with Crippen molar-refractivity contribution in [2.45, 2.75) is 11.9 Å². The van der Waals surface area contributed by atoms with Crippen molar-refractivity contribution in [3.63, 3.8) is 0 Å². The molecule has 2 aromatic heterocycles. The molecule has 3 heterocycles. The van der Waals surface area contributed by atoms with Crippen molar-refractivity contribution >= 4 is 15.8 Å². The van der Waals surface area contributed by atoms with Crippen LogP contribution in [0.15, 0.2) is 55.1 Å². The fourth-order valence-corrected chi connectivity index (χ4v) is 4.84. The van der Waals surface area contributed by atoms with E-state index in [9.17, 15) is 21.6 Å². The molecule has 1 aliphatic rings. The van der Waals surface area contributed by atoms with E-state index in [-0.39, 0.29) is 18.8 Å². The van der Waals surface area contributed by atoms with Gasteiger partial charge in [-0.15, -0.1) is 0 Å². The van der Waals surface area contributed by atoms with Crippen molar-refractivity contribution in [2.24, 2.45) is 0 Å². The molecular formula is C19H19F3N6O2S. The van der Waals surface area contributed by atoms with Gasteiger partial charge in [0.05, 0.1) is 11.3 Å². The second kappa shape index (κ2) is 8.27. The molecule has 0 unspecified atom stereocenters. The number of halogens is 3. The number of aromatic nitrogens is 4. The molecule has 1 aromatic carbocycles. The largest absolute Gasteiger partial charge is 0.416 e. The van der Waals surface area contributed by atoms with Crippen LogP contribution in [0.2, 0.25) is 0 Å². The van der Waals surface area contributed by atoms with Gasteiger partial charge in [0, 0.05) is 44.6 Å². The third kappa shape index (κ3) is 4.85. The minimum Gasteiger partial charge on any atom is -0.354 e. The van der Waals surface area contributed by atoms with Gasteiger partial charge in [-0.05, 0) is 23.8 Å². The van der Waals surface area contributed by atoms with Gasteiger partial charge < -0.3 is 4.90 Å². The average molecular weight is 452 g/mol. The number of nitrogens with zero attached hydrogens (tertiary/aromatic N) is 6. The van der Waals surface area contributed by atoms with E-state index in [2.05, 4.69) is 15.1 Å². The zero-order valence-electron chi connectivity index (χ0n) is 16.3. The number of sulfonamides is 1. The van der Waals surface area contributed by atoms with Crippen molar-refractivity contribution in [1.29, 1.82) is 0 Å². The van der Waals surface area contributed by atoms with Gasteiger partial charge in [0.1, 0.15) is 12.1 Å². The molecule has 0 spiro atoms. The zero-order chi connectivity index (χ0) is 22.1. The lowest BCUT2D eigenvalue weighted by Crippen LogP contribution is -2.49. The fourth-order valence-electron chi connectivity index (χ4n) is 3.33. The van der Waals surface area contributed by atoms with Gasteiger partial charge in [-0.2, -0.15) is 22.6 Å². The quantitative estimate of drug-likeness (QED) is 0.591. The Morgan fingerprint density at radius 2 is 1.65 bits per heavy atom. The lowest BCUT2D eigenvalue weighted by molar-refractivity contribution is -0.137. The molecule has 1 aliphatic heterocycles. The lowest BCUT2D eigenvalue weighted by Gasteiger charge is -2.34. The molecule has 0 aliphatic carbocycles. The molecule has 12 heteroatoms. The van der Waals surface area contributed by atoms with Gasteiger partial charge in [0.2, 0.25) is 10.0 Å². The molecule has 0 amide bonds. The smallest absolute Gasteiger partial charge is 0.354 e. The van der Waals surface area contributed by atoms with Crippen molar-refractivity contribution in [2.75, 3.05) is 31.1 Å². The third-order valence-electron chi connectivity index (χ3n) is 4.96. The predicted octanol–water partition coefficient (Wildman–Crippen LogP) is 2.33. The lowest BCUT2D eigenvalue weighted by atomic mass is 10.1. The van der Waals surface area contributed by atoms with Crippen LogP contribution >= 0.6 is 0 Å². The Morgan fingerprint density at radius 1 is 0.968 bits per heavy atom. The fraction of sp³-hybridized carbons (Fsp3) is 0.316. The Balaban J connectivity index is 1.39. The maximum atomic E-state index is 12.7. The molecule has 0 bridgehead atoms. The van der Waals surface area contributed by atoms with Crippen LogP contribution in [0.3, 0.4) is 0 Å². The Hall–Kier alpha value is -2.99. The Labute approximate surface area is 177 Å². The SMILES string of the molecule is O=S(=O)(Cc1ccc(C(F)(F)F)cc1)N1CCN(c2cc(-n3cccn3)ncn2)CC1. The zero-order valence-corrected chi connectivity index (χ0v) is 17.1. The summed E-state index contributed by atoms with van der Waals surface area (Å²) in [5.74, 6) is 0.926. The highest BCUT2D eigenvalue weighted by molar-refractivity contribution is 7.88. The van der Waals surface area contributed by atoms with Gasteiger partial charge >= 0.3 is 6.18 Å². The molecule has 0 atom stereocenters. The van der Waals surface area contributed by atoms with Crippen LogP contribution in [0.25, 0.3) is 5.82 Å². The molecule has 1 saturated heterocycles. The van der Waals surface area contributed by atoms with E-state index in [0.717, 1.165) is 12.1 Å². The number of rotatable bonds is 5. The molecule has 8 nitrogen and oxygen atoms in total. The first kappa shape index (κ1) is 21.2. The number of anilines is 1. The molecule has 3 aromatic rings. The summed E-state index contributed by atoms with van der Waals surface area (Å²) in [7, 11) is -3.66. The predicted molar refractivity (Wildman–Crippen MR) is 107 cm³/mol. The van der Waals surface area contributed by atoms with Crippen LogP contribution < -0.4 is 4.90 Å². The monoisotopic (exact) mass is 452 g/mol. The second-order valence-corrected chi connectivity index (χ2v) is 8.99. The summed E-state index contributed by atoms with van der Waals surface area (Å²) in [5, 5.41) is 4.13. The number of hydrogen-bond acceptors (Lipinski definition) is 6. The highest BCUT2D eigenvalue weighted by Crippen LogP contribution is 2.29. The molecule has 0 radical (unpaired) electrons. The highest BCUT2D eigenvalue weighted by Gasteiger charge is 2.31. The highest BCUT2D eigenvalue weighted by atomic mass is 32.2. The first-order chi connectivity index (χ1) is 14.7. The van der Waals surface area contributed by atoms with E-state index in [1.807, 2.05) is 4.90 Å². The minimum atomic E-state index is -4.45. The van der Waals surface area contributed by atoms with E-state index in [1.165, 1.54) is 22.8 Å². The molecule has 4 rings (SSSR count). The molecule has 164 valence electrons. The maximum Gasteiger partial charge on any atom is 0.416 e. The summed E-state index contributed by atoms with van der Waals surface area (Å²) in [6.45, 7) is 1.37. The summed E-state index contributed by atoms with van der Waals surface area (Å²) in [6.07, 6.45) is 0.381. The number of alkyl halides is 3. The Morgan fingerprint density at radius 3 is 2.26 bits per heavy atom. The molecule has 0 N–H and O–H groups in total. The average Bonchev–Trinajstić information content (AvgIpc) is 3.28. The topological polar surface area (TPSA) is 84.2 Å². The van der Waals surface area contributed by atoms with Crippen molar-refractivity contribution in [3.8, 4) is 5.82 Å². The van der Waals surface area contributed by atoms with Gasteiger partial charge in [-0.1, -0.05) is 12.1 Å². The third-order valence-corrected chi connectivity index (χ3v) is 6.81. The van der Waals surface area contributed by atoms with Gasteiger partial charge in [-0.3, -0.25) is 0 Å².